The van der Waals surface area contributed by atoms with Crippen LogP contribution in [0.4, 0.5) is 5.82 Å². The van der Waals surface area contributed by atoms with E-state index in [4.69, 9.17) is 16.6 Å². The number of hydrogen-bond acceptors (Lipinski definition) is 4. The summed E-state index contributed by atoms with van der Waals surface area (Å²) in [5.74, 6) is 1.63. The van der Waals surface area contributed by atoms with Crippen LogP contribution in [-0.2, 0) is 7.05 Å². The second kappa shape index (κ2) is 6.47. The molecule has 142 valence electrons. The van der Waals surface area contributed by atoms with Crippen molar-refractivity contribution in [1.29, 1.82) is 0 Å². The van der Waals surface area contributed by atoms with Gasteiger partial charge in [0, 0.05) is 25.4 Å². The number of halogens is 1. The quantitative estimate of drug-likeness (QED) is 0.728. The number of imidazole rings is 1. The van der Waals surface area contributed by atoms with E-state index in [1.807, 2.05) is 49.5 Å². The van der Waals surface area contributed by atoms with Crippen molar-refractivity contribution < 1.29 is 5.11 Å². The van der Waals surface area contributed by atoms with Gasteiger partial charge in [-0.25, -0.2) is 9.97 Å². The topological polar surface area (TPSA) is 54.2 Å². The highest BCUT2D eigenvalue weighted by molar-refractivity contribution is 6.33. The lowest BCUT2D eigenvalue weighted by atomic mass is 9.92. The molecule has 0 bridgehead atoms. The maximum Gasteiger partial charge on any atom is 0.142 e. The Morgan fingerprint density at radius 1 is 1.25 bits per heavy atom. The van der Waals surface area contributed by atoms with E-state index in [1.54, 1.807) is 6.20 Å². The van der Waals surface area contributed by atoms with E-state index < -0.39 is 5.60 Å². The van der Waals surface area contributed by atoms with Gasteiger partial charge in [0.1, 0.15) is 17.2 Å². The first-order valence-electron chi connectivity index (χ1n) is 9.46. The minimum Gasteiger partial charge on any atom is -0.384 e. The van der Waals surface area contributed by atoms with E-state index in [0.29, 0.717) is 18.0 Å². The zero-order valence-corrected chi connectivity index (χ0v) is 16.4. The number of benzene rings is 1. The normalized spacial score (nSPS) is 21.7. The van der Waals surface area contributed by atoms with Crippen LogP contribution in [0.3, 0.4) is 0 Å². The van der Waals surface area contributed by atoms with Crippen molar-refractivity contribution in [2.45, 2.75) is 18.4 Å². The van der Waals surface area contributed by atoms with Crippen LogP contribution in [0.1, 0.15) is 12.8 Å². The lowest BCUT2D eigenvalue weighted by Gasteiger charge is -2.25. The molecular weight excluding hydrogens is 372 g/mol. The van der Waals surface area contributed by atoms with Crippen molar-refractivity contribution in [3.05, 3.63) is 65.4 Å². The number of rotatable bonds is 3. The number of aryl methyl sites for hydroxylation is 1. The zero-order chi connectivity index (χ0) is 19.3. The molecule has 2 aliphatic rings. The first-order chi connectivity index (χ1) is 13.5. The average molecular weight is 393 g/mol. The summed E-state index contributed by atoms with van der Waals surface area (Å²) in [5, 5.41) is 11.7. The molecule has 2 aromatic heterocycles. The fraction of sp³-hybridized carbons (Fsp3) is 0.273. The number of β-amino-alcohol motifs (C(OH)–C–C–N with tert-alkyl or cyclic N) is 1. The van der Waals surface area contributed by atoms with Crippen LogP contribution < -0.4 is 4.90 Å². The molecular formula is C22H21ClN4O. The second-order valence-electron chi connectivity index (χ2n) is 7.53. The van der Waals surface area contributed by atoms with Crippen molar-refractivity contribution in [2.75, 3.05) is 18.0 Å². The highest BCUT2D eigenvalue weighted by atomic mass is 35.5. The second-order valence-corrected chi connectivity index (χ2v) is 7.94. The van der Waals surface area contributed by atoms with Gasteiger partial charge in [-0.05, 0) is 36.6 Å². The molecule has 0 radical (unpaired) electrons. The number of allylic oxidation sites excluding steroid dienone is 3. The van der Waals surface area contributed by atoms with Gasteiger partial charge >= 0.3 is 0 Å². The van der Waals surface area contributed by atoms with E-state index in [2.05, 4.69) is 20.5 Å². The van der Waals surface area contributed by atoms with Gasteiger partial charge in [0.15, 0.2) is 0 Å². The molecule has 5 nitrogen and oxygen atoms in total. The Hall–Kier alpha value is -2.63. The molecule has 28 heavy (non-hydrogen) atoms. The molecule has 1 N–H and O–H groups in total. The highest BCUT2D eigenvalue weighted by Crippen LogP contribution is 2.37. The lowest BCUT2D eigenvalue weighted by molar-refractivity contribution is 0.100. The van der Waals surface area contributed by atoms with Crippen LogP contribution in [-0.4, -0.2) is 38.3 Å². The number of nitrogens with zero attached hydrogens (tertiary/aromatic N) is 4. The zero-order valence-electron chi connectivity index (χ0n) is 15.6. The van der Waals surface area contributed by atoms with Gasteiger partial charge in [0.25, 0.3) is 0 Å². The smallest absolute Gasteiger partial charge is 0.142 e. The SMILES string of the molecule is Cn1c(-c2cc(N3CCC(O)(C4=CC=CC4)C3)ncc2Cl)nc2ccccc21. The van der Waals surface area contributed by atoms with E-state index in [9.17, 15) is 5.11 Å². The third-order valence-electron chi connectivity index (χ3n) is 5.81. The fourth-order valence-corrected chi connectivity index (χ4v) is 4.39. The Morgan fingerprint density at radius 3 is 2.89 bits per heavy atom. The Kier molecular flexibility index (Phi) is 4.03. The van der Waals surface area contributed by atoms with Gasteiger partial charge in [-0.3, -0.25) is 0 Å². The standard InChI is InChI=1S/C22H21ClN4O/c1-26-19-9-5-4-8-18(19)25-21(26)16-12-20(24-13-17(16)23)27-11-10-22(28,14-27)15-6-2-3-7-15/h2-6,8-9,12-13,28H,7,10-11,14H2,1H3. The van der Waals surface area contributed by atoms with Gasteiger partial charge < -0.3 is 14.6 Å². The Morgan fingerprint density at radius 2 is 2.11 bits per heavy atom. The molecule has 0 amide bonds. The third kappa shape index (κ3) is 2.74. The fourth-order valence-electron chi connectivity index (χ4n) is 4.20. The van der Waals surface area contributed by atoms with E-state index >= 15 is 0 Å². The van der Waals surface area contributed by atoms with Crippen LogP contribution in [0.15, 0.2) is 60.3 Å². The molecule has 6 heteroatoms. The van der Waals surface area contributed by atoms with Gasteiger partial charge in [0.05, 0.1) is 22.6 Å². The minimum absolute atomic E-state index is 0.539. The Bertz CT molecular complexity index is 1130. The molecule has 0 saturated carbocycles. The molecule has 3 aromatic rings. The number of aliphatic hydroxyl groups is 1. The molecule has 5 rings (SSSR count). The largest absolute Gasteiger partial charge is 0.384 e. The van der Waals surface area contributed by atoms with E-state index in [1.165, 1.54) is 0 Å². The van der Waals surface area contributed by atoms with Gasteiger partial charge in [-0.2, -0.15) is 0 Å². The number of fused-ring (bicyclic) bond motifs is 1. The summed E-state index contributed by atoms with van der Waals surface area (Å²) in [4.78, 5) is 11.4. The lowest BCUT2D eigenvalue weighted by Crippen LogP contribution is -2.35. The number of pyridine rings is 1. The Balaban J connectivity index is 1.51. The average Bonchev–Trinajstić information content (AvgIpc) is 3.43. The summed E-state index contributed by atoms with van der Waals surface area (Å²) in [6.45, 7) is 1.29. The van der Waals surface area contributed by atoms with Crippen molar-refractivity contribution >= 4 is 28.5 Å². The van der Waals surface area contributed by atoms with Gasteiger partial charge in [0.2, 0.25) is 0 Å². The van der Waals surface area contributed by atoms with Crippen molar-refractivity contribution in [1.82, 2.24) is 14.5 Å². The molecule has 1 aliphatic heterocycles. The molecule has 1 aliphatic carbocycles. The first-order valence-corrected chi connectivity index (χ1v) is 9.84. The summed E-state index contributed by atoms with van der Waals surface area (Å²) in [5.41, 5.74) is 3.14. The predicted molar refractivity (Wildman–Crippen MR) is 113 cm³/mol. The summed E-state index contributed by atoms with van der Waals surface area (Å²) in [6, 6.07) is 10.0. The summed E-state index contributed by atoms with van der Waals surface area (Å²) >= 11 is 6.50. The first kappa shape index (κ1) is 17.5. The maximum absolute atomic E-state index is 11.1. The molecule has 1 aromatic carbocycles. The van der Waals surface area contributed by atoms with Crippen LogP contribution in [0.5, 0.6) is 0 Å². The number of aromatic nitrogens is 3. The Labute approximate surface area is 168 Å². The molecule has 1 atom stereocenters. The van der Waals surface area contributed by atoms with Crippen molar-refractivity contribution in [3.63, 3.8) is 0 Å². The number of hydrogen-bond donors (Lipinski definition) is 1. The van der Waals surface area contributed by atoms with Crippen LogP contribution >= 0.6 is 11.6 Å². The number of anilines is 1. The van der Waals surface area contributed by atoms with Crippen molar-refractivity contribution in [2.24, 2.45) is 7.05 Å². The molecule has 3 heterocycles. The monoisotopic (exact) mass is 392 g/mol. The minimum atomic E-state index is -0.789. The maximum atomic E-state index is 11.1. The predicted octanol–water partition coefficient (Wildman–Crippen LogP) is 4.12. The molecule has 1 saturated heterocycles. The van der Waals surface area contributed by atoms with Crippen LogP contribution in [0, 0.1) is 0 Å². The molecule has 0 spiro atoms. The van der Waals surface area contributed by atoms with Crippen LogP contribution in [0.25, 0.3) is 22.4 Å². The molecule has 1 unspecified atom stereocenters. The van der Waals surface area contributed by atoms with E-state index in [-0.39, 0.29) is 0 Å². The van der Waals surface area contributed by atoms with Crippen molar-refractivity contribution in [3.8, 4) is 11.4 Å². The van der Waals surface area contributed by atoms with Gasteiger partial charge in [-0.1, -0.05) is 42.0 Å². The summed E-state index contributed by atoms with van der Waals surface area (Å²) in [7, 11) is 2.00. The summed E-state index contributed by atoms with van der Waals surface area (Å²) in [6.07, 6.45) is 9.33. The third-order valence-corrected chi connectivity index (χ3v) is 6.11. The van der Waals surface area contributed by atoms with E-state index in [0.717, 1.165) is 46.8 Å². The van der Waals surface area contributed by atoms with Crippen LogP contribution in [0.2, 0.25) is 5.02 Å². The van der Waals surface area contributed by atoms with Gasteiger partial charge in [-0.15, -0.1) is 0 Å². The molecule has 1 fully saturated rings. The highest BCUT2D eigenvalue weighted by Gasteiger charge is 2.39. The summed E-state index contributed by atoms with van der Waals surface area (Å²) < 4.78 is 2.05. The number of para-hydroxylation sites is 2.